The van der Waals surface area contributed by atoms with Gasteiger partial charge in [-0.2, -0.15) is 5.26 Å². The number of fused-ring (bicyclic) bond motifs is 1. The summed E-state index contributed by atoms with van der Waals surface area (Å²) in [6, 6.07) is 17.1. The maximum absolute atomic E-state index is 16.6. The first-order valence-corrected chi connectivity index (χ1v) is 15.5. The highest BCUT2D eigenvalue weighted by molar-refractivity contribution is 6.30. The summed E-state index contributed by atoms with van der Waals surface area (Å²) in [5.74, 6) is -1.39. The lowest BCUT2D eigenvalue weighted by Gasteiger charge is -2.44. The van der Waals surface area contributed by atoms with Crippen LogP contribution in [-0.4, -0.2) is 70.0 Å². The third kappa shape index (κ3) is 5.62. The highest BCUT2D eigenvalue weighted by atomic mass is 35.5. The fourth-order valence-electron chi connectivity index (χ4n) is 6.61. The van der Waals surface area contributed by atoms with Crippen molar-refractivity contribution >= 4 is 17.5 Å². The lowest BCUT2D eigenvalue weighted by Crippen LogP contribution is -2.55. The molecule has 1 amide bonds. The number of rotatable bonds is 10. The molecule has 3 aliphatic rings. The van der Waals surface area contributed by atoms with Crippen LogP contribution in [0.2, 0.25) is 5.02 Å². The predicted octanol–water partition coefficient (Wildman–Crippen LogP) is 5.25. The number of ether oxygens (including phenoxy) is 1. The van der Waals surface area contributed by atoms with Gasteiger partial charge in [0.1, 0.15) is 23.8 Å². The van der Waals surface area contributed by atoms with E-state index in [1.807, 2.05) is 13.1 Å². The number of nitriles is 1. The number of benzene rings is 2. The minimum atomic E-state index is -1.63. The van der Waals surface area contributed by atoms with Gasteiger partial charge < -0.3 is 19.8 Å². The Morgan fingerprint density at radius 3 is 2.64 bits per heavy atom. The second kappa shape index (κ2) is 12.2. The number of pyridine rings is 1. The van der Waals surface area contributed by atoms with Crippen LogP contribution < -0.4 is 0 Å². The van der Waals surface area contributed by atoms with Gasteiger partial charge >= 0.3 is 0 Å². The number of amides is 1. The first kappa shape index (κ1) is 30.6. The number of nitrogens with zero attached hydrogens (tertiary/aromatic N) is 4. The topological polar surface area (TPSA) is 110 Å². The Hall–Kier alpha value is -3.39. The Bertz CT molecular complexity index is 1590. The lowest BCUT2D eigenvalue weighted by molar-refractivity contribution is -0.198. The van der Waals surface area contributed by atoms with Crippen molar-refractivity contribution in [3.63, 3.8) is 0 Å². The molecule has 0 bridgehead atoms. The quantitative estimate of drug-likeness (QED) is 0.320. The van der Waals surface area contributed by atoms with E-state index < -0.39 is 29.1 Å². The van der Waals surface area contributed by atoms with Gasteiger partial charge in [-0.3, -0.25) is 9.69 Å². The number of carbonyl (C=O) groups excluding carboxylic acids is 1. The summed E-state index contributed by atoms with van der Waals surface area (Å²) in [6.45, 7) is 0.892. The zero-order valence-electron chi connectivity index (χ0n) is 24.7. The molecular weight excluding hydrogens is 583 g/mol. The SMILES string of the molecule is CN1CCCCC1CC(O)N1C(=O)c2c(ccc(-c3ccc(Cl)cc3)c2F)[C@@]1(Cc1cccc(C#N)n1)OCC1(CO)CC1. The Labute approximate surface area is 261 Å². The highest BCUT2D eigenvalue weighted by Gasteiger charge is 2.57. The van der Waals surface area contributed by atoms with Crippen LogP contribution in [-0.2, 0) is 16.9 Å². The Morgan fingerprint density at radius 2 is 1.95 bits per heavy atom. The molecule has 6 rings (SSSR count). The third-order valence-corrected chi connectivity index (χ3v) is 9.75. The van der Waals surface area contributed by atoms with Crippen LogP contribution in [0.25, 0.3) is 11.1 Å². The highest BCUT2D eigenvalue weighted by Crippen LogP contribution is 2.51. The average Bonchev–Trinajstić information content (AvgIpc) is 3.77. The molecule has 8 nitrogen and oxygen atoms in total. The summed E-state index contributed by atoms with van der Waals surface area (Å²) in [6.07, 6.45) is 3.37. The molecule has 2 aromatic carbocycles. The number of halogens is 2. The largest absolute Gasteiger partial charge is 0.396 e. The molecule has 3 aromatic rings. The minimum absolute atomic E-state index is 0.0229. The normalized spacial score (nSPS) is 23.3. The molecule has 0 spiro atoms. The Balaban J connectivity index is 1.50. The maximum Gasteiger partial charge on any atom is 0.261 e. The molecule has 230 valence electrons. The molecule has 3 heterocycles. The molecule has 2 unspecified atom stereocenters. The number of aliphatic hydroxyl groups is 2. The molecule has 2 N–H and O–H groups in total. The number of carbonyl (C=O) groups is 1. The van der Waals surface area contributed by atoms with Gasteiger partial charge in [-0.1, -0.05) is 48.4 Å². The first-order valence-electron chi connectivity index (χ1n) is 15.1. The average molecular weight is 619 g/mol. The van der Waals surface area contributed by atoms with E-state index in [0.29, 0.717) is 16.3 Å². The van der Waals surface area contributed by atoms with Crippen molar-refractivity contribution in [1.29, 1.82) is 5.26 Å². The molecule has 1 aromatic heterocycles. The summed E-state index contributed by atoms with van der Waals surface area (Å²) in [4.78, 5) is 22.4. The molecule has 2 fully saturated rings. The van der Waals surface area contributed by atoms with Gasteiger partial charge in [0.25, 0.3) is 5.91 Å². The minimum Gasteiger partial charge on any atom is -0.396 e. The van der Waals surface area contributed by atoms with Crippen molar-refractivity contribution in [2.75, 3.05) is 26.8 Å². The Kier molecular flexibility index (Phi) is 8.48. The van der Waals surface area contributed by atoms with E-state index in [-0.39, 0.29) is 54.5 Å². The molecule has 0 radical (unpaired) electrons. The maximum atomic E-state index is 16.6. The van der Waals surface area contributed by atoms with E-state index in [2.05, 4.69) is 9.88 Å². The lowest BCUT2D eigenvalue weighted by atomic mass is 9.91. The number of aromatic nitrogens is 1. The van der Waals surface area contributed by atoms with E-state index >= 15 is 4.39 Å². The molecule has 10 heteroatoms. The van der Waals surface area contributed by atoms with Crippen molar-refractivity contribution < 1.29 is 24.1 Å². The van der Waals surface area contributed by atoms with Gasteiger partial charge in [0.15, 0.2) is 5.72 Å². The summed E-state index contributed by atoms with van der Waals surface area (Å²) in [5, 5.41) is 32.1. The molecule has 1 saturated carbocycles. The molecule has 44 heavy (non-hydrogen) atoms. The number of hydrogen-bond donors (Lipinski definition) is 2. The van der Waals surface area contributed by atoms with Gasteiger partial charge in [0, 0.05) is 46.1 Å². The van der Waals surface area contributed by atoms with E-state index in [4.69, 9.17) is 16.3 Å². The molecule has 2 aliphatic heterocycles. The van der Waals surface area contributed by atoms with Gasteiger partial charge in [-0.25, -0.2) is 9.37 Å². The van der Waals surface area contributed by atoms with Gasteiger partial charge in [-0.15, -0.1) is 0 Å². The van der Waals surface area contributed by atoms with Crippen LogP contribution in [0.1, 0.15) is 65.8 Å². The van der Waals surface area contributed by atoms with Crippen LogP contribution in [0, 0.1) is 22.6 Å². The van der Waals surface area contributed by atoms with Crippen LogP contribution >= 0.6 is 11.6 Å². The van der Waals surface area contributed by atoms with E-state index in [9.17, 15) is 20.3 Å². The predicted molar refractivity (Wildman–Crippen MR) is 163 cm³/mol. The summed E-state index contributed by atoms with van der Waals surface area (Å²) >= 11 is 6.08. The second-order valence-corrected chi connectivity index (χ2v) is 12.8. The van der Waals surface area contributed by atoms with Crippen molar-refractivity contribution in [2.24, 2.45) is 5.41 Å². The van der Waals surface area contributed by atoms with Gasteiger partial charge in [0.05, 0.1) is 18.8 Å². The zero-order chi connectivity index (χ0) is 31.1. The Morgan fingerprint density at radius 1 is 1.18 bits per heavy atom. The summed E-state index contributed by atoms with van der Waals surface area (Å²) < 4.78 is 23.3. The van der Waals surface area contributed by atoms with Crippen LogP contribution in [0.4, 0.5) is 4.39 Å². The number of piperidine rings is 1. The number of hydrogen-bond acceptors (Lipinski definition) is 7. The molecule has 1 aliphatic carbocycles. The third-order valence-electron chi connectivity index (χ3n) is 9.49. The monoisotopic (exact) mass is 618 g/mol. The van der Waals surface area contributed by atoms with Crippen molar-refractivity contribution in [1.82, 2.24) is 14.8 Å². The van der Waals surface area contributed by atoms with E-state index in [0.717, 1.165) is 38.6 Å². The van der Waals surface area contributed by atoms with Crippen LogP contribution in [0.5, 0.6) is 0 Å². The number of aliphatic hydroxyl groups excluding tert-OH is 2. The van der Waals surface area contributed by atoms with Crippen molar-refractivity contribution in [3.05, 3.63) is 88.0 Å². The van der Waals surface area contributed by atoms with Gasteiger partial charge in [-0.05, 0) is 69.1 Å². The smallest absolute Gasteiger partial charge is 0.261 e. The van der Waals surface area contributed by atoms with Crippen LogP contribution in [0.15, 0.2) is 54.6 Å². The fourth-order valence-corrected chi connectivity index (χ4v) is 6.73. The van der Waals surface area contributed by atoms with E-state index in [1.54, 1.807) is 54.6 Å². The molecule has 1 saturated heterocycles. The fraction of sp³-hybridized carbons (Fsp3) is 0.441. The second-order valence-electron chi connectivity index (χ2n) is 12.4. The van der Waals surface area contributed by atoms with Crippen LogP contribution in [0.3, 0.4) is 0 Å². The molecular formula is C34H36ClFN4O4. The standard InChI is InChI=1S/C34H36ClFN4O4/c1-39-16-3-2-7-26(39)17-29(42)40-32(43)30-28(13-12-27(31(30)36)22-8-10-23(35)11-9-22)34(40,44-21-33(20-41)14-15-33)18-24-5-4-6-25(19-37)38-24/h4-6,8-13,26,29,41-42H,2-3,7,14-18,20-21H2,1H3/t26?,29?,34-/m1/s1. The van der Waals surface area contributed by atoms with Crippen molar-refractivity contribution in [2.45, 2.75) is 62.9 Å². The van der Waals surface area contributed by atoms with Gasteiger partial charge in [0.2, 0.25) is 0 Å². The summed E-state index contributed by atoms with van der Waals surface area (Å²) in [5.41, 5.74) is -0.566. The van der Waals surface area contributed by atoms with Crippen molar-refractivity contribution in [3.8, 4) is 17.2 Å². The van der Waals surface area contributed by atoms with E-state index in [1.165, 1.54) is 4.90 Å². The zero-order valence-corrected chi connectivity index (χ0v) is 25.4. The summed E-state index contributed by atoms with van der Waals surface area (Å²) in [7, 11) is 2.01. The number of likely N-dealkylation sites (tertiary alicyclic amines) is 1. The first-order chi connectivity index (χ1) is 21.2. The molecule has 3 atom stereocenters.